The van der Waals surface area contributed by atoms with E-state index >= 15 is 0 Å². The molecule has 1 N–H and O–H groups in total. The number of rotatable bonds is 1. The van der Waals surface area contributed by atoms with Gasteiger partial charge >= 0.3 is 5.97 Å². The van der Waals surface area contributed by atoms with Crippen LogP contribution in [-0.2, 0) is 14.3 Å². The number of nitrogens with one attached hydrogen (secondary N) is 1. The van der Waals surface area contributed by atoms with Crippen LogP contribution in [0.5, 0.6) is 0 Å². The molecular formula is C9H15NO3. The Kier molecular flexibility index (Phi) is 2.51. The van der Waals surface area contributed by atoms with Crippen molar-refractivity contribution >= 4 is 5.97 Å². The Morgan fingerprint density at radius 3 is 3.08 bits per heavy atom. The molecule has 0 aromatic rings. The van der Waals surface area contributed by atoms with E-state index in [4.69, 9.17) is 4.74 Å². The summed E-state index contributed by atoms with van der Waals surface area (Å²) in [4.78, 5) is 11.2. The maximum absolute atomic E-state index is 11.2. The van der Waals surface area contributed by atoms with Gasteiger partial charge in [-0.3, -0.25) is 0 Å². The Labute approximate surface area is 77.6 Å². The van der Waals surface area contributed by atoms with E-state index < -0.39 is 0 Å². The van der Waals surface area contributed by atoms with Crippen LogP contribution >= 0.6 is 0 Å². The topological polar surface area (TPSA) is 47.6 Å². The summed E-state index contributed by atoms with van der Waals surface area (Å²) < 4.78 is 10.3. The first-order valence-electron chi connectivity index (χ1n) is 4.75. The summed E-state index contributed by atoms with van der Waals surface area (Å²) in [6.07, 6.45) is 1.76. The zero-order valence-electron chi connectivity index (χ0n) is 7.79. The SMILES string of the molecule is COC(=O)C1CCC2CNCC2O1. The van der Waals surface area contributed by atoms with Crippen molar-refractivity contribution in [2.45, 2.75) is 25.0 Å². The minimum atomic E-state index is -0.328. The highest BCUT2D eigenvalue weighted by Crippen LogP contribution is 2.27. The molecule has 0 radical (unpaired) electrons. The lowest BCUT2D eigenvalue weighted by molar-refractivity contribution is -0.164. The molecule has 0 saturated carbocycles. The third-order valence-corrected chi connectivity index (χ3v) is 2.88. The Bertz CT molecular complexity index is 207. The molecular weight excluding hydrogens is 170 g/mol. The van der Waals surface area contributed by atoms with Crippen LogP contribution in [0.25, 0.3) is 0 Å². The molecule has 0 bridgehead atoms. The van der Waals surface area contributed by atoms with E-state index in [9.17, 15) is 4.79 Å². The minimum Gasteiger partial charge on any atom is -0.467 e. The largest absolute Gasteiger partial charge is 0.467 e. The number of hydrogen-bond acceptors (Lipinski definition) is 4. The van der Waals surface area contributed by atoms with Gasteiger partial charge < -0.3 is 14.8 Å². The molecule has 0 amide bonds. The molecule has 0 aliphatic carbocycles. The number of ether oxygens (including phenoxy) is 2. The highest BCUT2D eigenvalue weighted by molar-refractivity contribution is 5.74. The van der Waals surface area contributed by atoms with Crippen LogP contribution in [0, 0.1) is 5.92 Å². The van der Waals surface area contributed by atoms with Gasteiger partial charge in [-0.25, -0.2) is 4.79 Å². The molecule has 3 unspecified atom stereocenters. The summed E-state index contributed by atoms with van der Waals surface area (Å²) in [6.45, 7) is 1.90. The first-order chi connectivity index (χ1) is 6.31. The van der Waals surface area contributed by atoms with Gasteiger partial charge in [0.2, 0.25) is 0 Å². The zero-order valence-corrected chi connectivity index (χ0v) is 7.79. The fourth-order valence-corrected chi connectivity index (χ4v) is 2.11. The Morgan fingerprint density at radius 1 is 1.46 bits per heavy atom. The van der Waals surface area contributed by atoms with E-state index in [0.29, 0.717) is 5.92 Å². The second kappa shape index (κ2) is 3.64. The van der Waals surface area contributed by atoms with Gasteiger partial charge in [0.25, 0.3) is 0 Å². The summed E-state index contributed by atoms with van der Waals surface area (Å²) in [5, 5.41) is 3.26. The van der Waals surface area contributed by atoms with E-state index in [-0.39, 0.29) is 18.2 Å². The summed E-state index contributed by atoms with van der Waals surface area (Å²) in [5.74, 6) is 0.367. The van der Waals surface area contributed by atoms with Crippen LogP contribution in [0.4, 0.5) is 0 Å². The molecule has 2 rings (SSSR count). The van der Waals surface area contributed by atoms with E-state index in [1.54, 1.807) is 0 Å². The van der Waals surface area contributed by atoms with Gasteiger partial charge in [0.05, 0.1) is 13.2 Å². The molecule has 3 atom stereocenters. The molecule has 2 heterocycles. The second-order valence-corrected chi connectivity index (χ2v) is 3.68. The lowest BCUT2D eigenvalue weighted by Gasteiger charge is -2.29. The third kappa shape index (κ3) is 1.69. The molecule has 2 fully saturated rings. The van der Waals surface area contributed by atoms with Crippen molar-refractivity contribution < 1.29 is 14.3 Å². The molecule has 4 nitrogen and oxygen atoms in total. The van der Waals surface area contributed by atoms with Crippen molar-refractivity contribution in [1.29, 1.82) is 0 Å². The minimum absolute atomic E-state index is 0.220. The molecule has 2 aliphatic heterocycles. The summed E-state index contributed by atoms with van der Waals surface area (Å²) in [5.41, 5.74) is 0. The maximum Gasteiger partial charge on any atom is 0.334 e. The monoisotopic (exact) mass is 185 g/mol. The number of carbonyl (C=O) groups is 1. The van der Waals surface area contributed by atoms with Crippen LogP contribution < -0.4 is 5.32 Å². The molecule has 4 heteroatoms. The highest BCUT2D eigenvalue weighted by Gasteiger charge is 2.37. The average Bonchev–Trinajstić information content (AvgIpc) is 2.63. The van der Waals surface area contributed by atoms with Gasteiger partial charge in [0.1, 0.15) is 0 Å². The van der Waals surface area contributed by atoms with Crippen molar-refractivity contribution in [3.8, 4) is 0 Å². The number of fused-ring (bicyclic) bond motifs is 1. The van der Waals surface area contributed by atoms with E-state index in [1.165, 1.54) is 7.11 Å². The van der Waals surface area contributed by atoms with Crippen LogP contribution in [0.1, 0.15) is 12.8 Å². The van der Waals surface area contributed by atoms with Crippen molar-refractivity contribution in [1.82, 2.24) is 5.32 Å². The Hall–Kier alpha value is -0.610. The first-order valence-corrected chi connectivity index (χ1v) is 4.75. The number of methoxy groups -OCH3 is 1. The molecule has 2 saturated heterocycles. The lowest BCUT2D eigenvalue weighted by atomic mass is 9.94. The standard InChI is InChI=1S/C9H15NO3/c1-12-9(11)7-3-2-6-4-10-5-8(6)13-7/h6-8,10H,2-5H2,1H3. The van der Waals surface area contributed by atoms with Crippen molar-refractivity contribution in [2.24, 2.45) is 5.92 Å². The molecule has 0 aromatic heterocycles. The molecule has 13 heavy (non-hydrogen) atoms. The fraction of sp³-hybridized carbons (Fsp3) is 0.889. The highest BCUT2D eigenvalue weighted by atomic mass is 16.6. The quantitative estimate of drug-likeness (QED) is 0.581. The van der Waals surface area contributed by atoms with Gasteiger partial charge in [-0.15, -0.1) is 0 Å². The Morgan fingerprint density at radius 2 is 2.31 bits per heavy atom. The fourth-order valence-electron chi connectivity index (χ4n) is 2.11. The summed E-state index contributed by atoms with van der Waals surface area (Å²) in [6, 6.07) is 0. The maximum atomic E-state index is 11.2. The van der Waals surface area contributed by atoms with Gasteiger partial charge in [0, 0.05) is 13.1 Å². The first kappa shape index (κ1) is 8.97. The summed E-state index contributed by atoms with van der Waals surface area (Å²) >= 11 is 0. The predicted octanol–water partition coefficient (Wildman–Crippen LogP) is -0.0736. The number of hydrogen-bond donors (Lipinski definition) is 1. The lowest BCUT2D eigenvalue weighted by Crippen LogP contribution is -2.39. The van der Waals surface area contributed by atoms with Gasteiger partial charge in [0.15, 0.2) is 6.10 Å². The van der Waals surface area contributed by atoms with Crippen molar-refractivity contribution in [2.75, 3.05) is 20.2 Å². The number of esters is 1. The van der Waals surface area contributed by atoms with E-state index in [0.717, 1.165) is 25.9 Å². The van der Waals surface area contributed by atoms with Crippen molar-refractivity contribution in [3.05, 3.63) is 0 Å². The average molecular weight is 185 g/mol. The van der Waals surface area contributed by atoms with Gasteiger partial charge in [-0.05, 0) is 18.8 Å². The van der Waals surface area contributed by atoms with Crippen molar-refractivity contribution in [3.63, 3.8) is 0 Å². The van der Waals surface area contributed by atoms with E-state index in [2.05, 4.69) is 10.1 Å². The third-order valence-electron chi connectivity index (χ3n) is 2.88. The normalized spacial score (nSPS) is 38.4. The van der Waals surface area contributed by atoms with Crippen LogP contribution in [0.3, 0.4) is 0 Å². The summed E-state index contributed by atoms with van der Waals surface area (Å²) in [7, 11) is 1.41. The van der Waals surface area contributed by atoms with Crippen LogP contribution in [-0.4, -0.2) is 38.4 Å². The zero-order chi connectivity index (χ0) is 9.26. The smallest absolute Gasteiger partial charge is 0.334 e. The molecule has 0 aromatic carbocycles. The second-order valence-electron chi connectivity index (χ2n) is 3.68. The number of carbonyl (C=O) groups excluding carboxylic acids is 1. The molecule has 0 spiro atoms. The molecule has 2 aliphatic rings. The molecule has 74 valence electrons. The Balaban J connectivity index is 1.93. The van der Waals surface area contributed by atoms with E-state index in [1.807, 2.05) is 0 Å². The van der Waals surface area contributed by atoms with Crippen LogP contribution in [0.15, 0.2) is 0 Å². The predicted molar refractivity (Wildman–Crippen MR) is 46.3 cm³/mol. The van der Waals surface area contributed by atoms with Gasteiger partial charge in [-0.2, -0.15) is 0 Å². The van der Waals surface area contributed by atoms with Crippen LogP contribution in [0.2, 0.25) is 0 Å². The van der Waals surface area contributed by atoms with Gasteiger partial charge in [-0.1, -0.05) is 0 Å².